The Labute approximate surface area is 96.1 Å². The standard InChI is InChI=1S/C13H17N3/c1-10-5-7-11(8-6-10)12-9-16(15-14-12)13(2,3)4/h5-9H,1-4H3. The Morgan fingerprint density at radius 3 is 2.19 bits per heavy atom. The van der Waals surface area contributed by atoms with E-state index < -0.39 is 0 Å². The summed E-state index contributed by atoms with van der Waals surface area (Å²) in [6.45, 7) is 8.41. The summed E-state index contributed by atoms with van der Waals surface area (Å²) in [5, 5.41) is 8.35. The van der Waals surface area contributed by atoms with Crippen molar-refractivity contribution in [2.45, 2.75) is 33.2 Å². The molecule has 3 nitrogen and oxygen atoms in total. The molecule has 0 saturated carbocycles. The van der Waals surface area contributed by atoms with Gasteiger partial charge in [0.15, 0.2) is 0 Å². The number of aromatic nitrogens is 3. The summed E-state index contributed by atoms with van der Waals surface area (Å²) in [4.78, 5) is 0. The van der Waals surface area contributed by atoms with E-state index in [1.807, 2.05) is 10.9 Å². The predicted molar refractivity (Wildman–Crippen MR) is 65.2 cm³/mol. The number of hydrogen-bond acceptors (Lipinski definition) is 2. The molecule has 0 radical (unpaired) electrons. The van der Waals surface area contributed by atoms with Crippen molar-refractivity contribution in [1.29, 1.82) is 0 Å². The van der Waals surface area contributed by atoms with Crippen molar-refractivity contribution >= 4 is 0 Å². The zero-order valence-corrected chi connectivity index (χ0v) is 10.2. The van der Waals surface area contributed by atoms with Crippen molar-refractivity contribution in [3.63, 3.8) is 0 Å². The SMILES string of the molecule is Cc1ccc(-c2cn(C(C)(C)C)nn2)cc1. The average molecular weight is 215 g/mol. The van der Waals surface area contributed by atoms with Crippen molar-refractivity contribution in [3.8, 4) is 11.3 Å². The van der Waals surface area contributed by atoms with Gasteiger partial charge in [-0.1, -0.05) is 35.0 Å². The van der Waals surface area contributed by atoms with Crippen LogP contribution in [-0.2, 0) is 5.54 Å². The highest BCUT2D eigenvalue weighted by Gasteiger charge is 2.15. The zero-order chi connectivity index (χ0) is 11.8. The summed E-state index contributed by atoms with van der Waals surface area (Å²) >= 11 is 0. The summed E-state index contributed by atoms with van der Waals surface area (Å²) < 4.78 is 1.89. The maximum atomic E-state index is 4.20. The lowest BCUT2D eigenvalue weighted by atomic mass is 10.1. The van der Waals surface area contributed by atoms with E-state index in [0.717, 1.165) is 11.3 Å². The molecule has 0 unspecified atom stereocenters. The molecule has 0 aliphatic carbocycles. The van der Waals surface area contributed by atoms with Crippen LogP contribution in [0.15, 0.2) is 30.5 Å². The van der Waals surface area contributed by atoms with Crippen molar-refractivity contribution < 1.29 is 0 Å². The first-order valence-electron chi connectivity index (χ1n) is 5.47. The van der Waals surface area contributed by atoms with Gasteiger partial charge >= 0.3 is 0 Å². The fraction of sp³-hybridized carbons (Fsp3) is 0.385. The summed E-state index contributed by atoms with van der Waals surface area (Å²) in [6, 6.07) is 8.33. The van der Waals surface area contributed by atoms with Crippen LogP contribution in [0.3, 0.4) is 0 Å². The van der Waals surface area contributed by atoms with Crippen LogP contribution in [0, 0.1) is 6.92 Å². The minimum Gasteiger partial charge on any atom is -0.247 e. The van der Waals surface area contributed by atoms with E-state index >= 15 is 0 Å². The molecule has 3 heteroatoms. The molecule has 2 aromatic rings. The highest BCUT2D eigenvalue weighted by molar-refractivity contribution is 5.57. The molecule has 0 aliphatic rings. The van der Waals surface area contributed by atoms with Crippen LogP contribution >= 0.6 is 0 Å². The maximum Gasteiger partial charge on any atom is 0.113 e. The van der Waals surface area contributed by atoms with Crippen LogP contribution in [0.1, 0.15) is 26.3 Å². The van der Waals surface area contributed by atoms with Crippen LogP contribution in [-0.4, -0.2) is 15.0 Å². The molecule has 1 heterocycles. The Kier molecular flexibility index (Phi) is 2.54. The summed E-state index contributed by atoms with van der Waals surface area (Å²) in [7, 11) is 0. The van der Waals surface area contributed by atoms with Crippen molar-refractivity contribution in [2.24, 2.45) is 0 Å². The molecule has 0 saturated heterocycles. The molecular formula is C13H17N3. The minimum atomic E-state index is -0.0179. The number of nitrogens with zero attached hydrogens (tertiary/aromatic N) is 3. The van der Waals surface area contributed by atoms with Gasteiger partial charge in [0.25, 0.3) is 0 Å². The summed E-state index contributed by atoms with van der Waals surface area (Å²) in [5.74, 6) is 0. The molecule has 0 aliphatic heterocycles. The van der Waals surface area contributed by atoms with Gasteiger partial charge < -0.3 is 0 Å². The minimum absolute atomic E-state index is 0.0179. The molecule has 0 fully saturated rings. The van der Waals surface area contributed by atoms with Gasteiger partial charge in [0.2, 0.25) is 0 Å². The van der Waals surface area contributed by atoms with Crippen LogP contribution < -0.4 is 0 Å². The van der Waals surface area contributed by atoms with Crippen LogP contribution in [0.4, 0.5) is 0 Å². The second-order valence-corrected chi connectivity index (χ2v) is 5.09. The predicted octanol–water partition coefficient (Wildman–Crippen LogP) is 3.01. The quantitative estimate of drug-likeness (QED) is 0.732. The van der Waals surface area contributed by atoms with Crippen molar-refractivity contribution in [3.05, 3.63) is 36.0 Å². The Hall–Kier alpha value is -1.64. The Balaban J connectivity index is 2.35. The lowest BCUT2D eigenvalue weighted by molar-refractivity contribution is 0.347. The largest absolute Gasteiger partial charge is 0.247 e. The molecule has 0 spiro atoms. The van der Waals surface area contributed by atoms with Gasteiger partial charge in [-0.15, -0.1) is 5.10 Å². The Morgan fingerprint density at radius 1 is 1.06 bits per heavy atom. The first-order chi connectivity index (χ1) is 7.47. The second-order valence-electron chi connectivity index (χ2n) is 5.09. The molecule has 0 bridgehead atoms. The third-order valence-corrected chi connectivity index (χ3v) is 2.53. The molecule has 16 heavy (non-hydrogen) atoms. The molecule has 1 aromatic carbocycles. The van der Waals surface area contributed by atoms with Crippen LogP contribution in [0.25, 0.3) is 11.3 Å². The number of rotatable bonds is 1. The monoisotopic (exact) mass is 215 g/mol. The molecular weight excluding hydrogens is 198 g/mol. The molecule has 84 valence electrons. The van der Waals surface area contributed by atoms with Gasteiger partial charge in [-0.05, 0) is 27.7 Å². The number of hydrogen-bond donors (Lipinski definition) is 0. The van der Waals surface area contributed by atoms with E-state index in [4.69, 9.17) is 0 Å². The summed E-state index contributed by atoms with van der Waals surface area (Å²) in [6.07, 6.45) is 1.99. The van der Waals surface area contributed by atoms with Gasteiger partial charge in [-0.25, -0.2) is 4.68 Å². The molecule has 0 atom stereocenters. The second kappa shape index (κ2) is 3.74. The number of aryl methyl sites for hydroxylation is 1. The lowest BCUT2D eigenvalue weighted by Gasteiger charge is -2.17. The first kappa shape index (κ1) is 10.9. The zero-order valence-electron chi connectivity index (χ0n) is 10.2. The van der Waals surface area contributed by atoms with Gasteiger partial charge in [0, 0.05) is 5.56 Å². The molecule has 2 rings (SSSR count). The Bertz CT molecular complexity index is 475. The van der Waals surface area contributed by atoms with E-state index in [2.05, 4.69) is 62.3 Å². The average Bonchev–Trinajstić information content (AvgIpc) is 2.67. The topological polar surface area (TPSA) is 30.7 Å². The van der Waals surface area contributed by atoms with Gasteiger partial charge in [-0.3, -0.25) is 0 Å². The molecule has 0 amide bonds. The fourth-order valence-corrected chi connectivity index (χ4v) is 1.45. The lowest BCUT2D eigenvalue weighted by Crippen LogP contribution is -2.22. The highest BCUT2D eigenvalue weighted by Crippen LogP contribution is 2.19. The number of benzene rings is 1. The fourth-order valence-electron chi connectivity index (χ4n) is 1.45. The van der Waals surface area contributed by atoms with Gasteiger partial charge in [-0.2, -0.15) is 0 Å². The summed E-state index contributed by atoms with van der Waals surface area (Å²) in [5.41, 5.74) is 3.28. The van der Waals surface area contributed by atoms with Crippen LogP contribution in [0.5, 0.6) is 0 Å². The normalized spacial score (nSPS) is 11.8. The third kappa shape index (κ3) is 2.13. The van der Waals surface area contributed by atoms with E-state index in [0.29, 0.717) is 0 Å². The van der Waals surface area contributed by atoms with E-state index in [9.17, 15) is 0 Å². The maximum absolute atomic E-state index is 4.20. The Morgan fingerprint density at radius 2 is 1.69 bits per heavy atom. The highest BCUT2D eigenvalue weighted by atomic mass is 15.4. The van der Waals surface area contributed by atoms with E-state index in [1.54, 1.807) is 0 Å². The van der Waals surface area contributed by atoms with E-state index in [-0.39, 0.29) is 5.54 Å². The third-order valence-electron chi connectivity index (χ3n) is 2.53. The van der Waals surface area contributed by atoms with Crippen molar-refractivity contribution in [2.75, 3.05) is 0 Å². The van der Waals surface area contributed by atoms with Gasteiger partial charge in [0.1, 0.15) is 5.69 Å². The van der Waals surface area contributed by atoms with E-state index in [1.165, 1.54) is 5.56 Å². The van der Waals surface area contributed by atoms with Gasteiger partial charge in [0.05, 0.1) is 11.7 Å². The molecule has 1 aromatic heterocycles. The van der Waals surface area contributed by atoms with Crippen LogP contribution in [0.2, 0.25) is 0 Å². The van der Waals surface area contributed by atoms with Crippen molar-refractivity contribution in [1.82, 2.24) is 15.0 Å². The smallest absolute Gasteiger partial charge is 0.113 e. The molecule has 0 N–H and O–H groups in total. The first-order valence-corrected chi connectivity index (χ1v) is 5.47.